The lowest BCUT2D eigenvalue weighted by Crippen LogP contribution is -2.41. The van der Waals surface area contributed by atoms with Gasteiger partial charge in [-0.1, -0.05) is 0 Å². The van der Waals surface area contributed by atoms with E-state index in [9.17, 15) is 18.7 Å². The molecule has 0 rings (SSSR count). The van der Waals surface area contributed by atoms with Gasteiger partial charge in [0.05, 0.1) is 12.6 Å². The standard InChI is InChI=1S/C6H12O10P2/c7-4(8)3-6(5(9)10,18(14,15)16)1-2-17(11,12)13/h1-3H2,(H,7,8)(H,9,10)(H2,11,12,13)(H2,14,15,16). The van der Waals surface area contributed by atoms with Crippen molar-refractivity contribution in [1.29, 1.82) is 0 Å². The summed E-state index contributed by atoms with van der Waals surface area (Å²) in [5.74, 6) is -3.92. The fourth-order valence-electron chi connectivity index (χ4n) is 1.22. The molecule has 0 aliphatic rings. The maximum atomic E-state index is 11.1. The van der Waals surface area contributed by atoms with Gasteiger partial charge in [-0.2, -0.15) is 0 Å². The highest BCUT2D eigenvalue weighted by Crippen LogP contribution is 2.56. The minimum atomic E-state index is -5.43. The molecule has 0 aliphatic heterocycles. The molecule has 0 aromatic carbocycles. The summed E-state index contributed by atoms with van der Waals surface area (Å²) >= 11 is 0. The Hall–Kier alpha value is -0.760. The average Bonchev–Trinajstić information content (AvgIpc) is 2.07. The molecule has 0 saturated heterocycles. The molecule has 106 valence electrons. The van der Waals surface area contributed by atoms with Gasteiger partial charge in [-0.25, -0.2) is 0 Å². The van der Waals surface area contributed by atoms with Crippen LogP contribution >= 0.6 is 15.2 Å². The first kappa shape index (κ1) is 17.2. The van der Waals surface area contributed by atoms with Gasteiger partial charge in [0.15, 0.2) is 5.16 Å². The first-order chi connectivity index (χ1) is 7.82. The van der Waals surface area contributed by atoms with Gasteiger partial charge in [-0.3, -0.25) is 18.7 Å². The highest BCUT2D eigenvalue weighted by atomic mass is 31.2. The Bertz CT molecular complexity index is 432. The van der Waals surface area contributed by atoms with Crippen LogP contribution < -0.4 is 0 Å². The Balaban J connectivity index is 5.50. The maximum absolute atomic E-state index is 11.1. The number of carboxylic acid groups (broad SMARTS) is 2. The summed E-state index contributed by atoms with van der Waals surface area (Å²) in [6.45, 7) is 0. The lowest BCUT2D eigenvalue weighted by atomic mass is 10.0. The molecule has 0 fully saturated rings. The van der Waals surface area contributed by atoms with Gasteiger partial charge in [-0.05, 0) is 6.42 Å². The summed E-state index contributed by atoms with van der Waals surface area (Å²) in [5, 5.41) is 14.2. The van der Waals surface area contributed by atoms with Crippen molar-refractivity contribution in [3.05, 3.63) is 0 Å². The zero-order valence-electron chi connectivity index (χ0n) is 8.83. The first-order valence-electron chi connectivity index (χ1n) is 4.37. The molecule has 18 heavy (non-hydrogen) atoms. The van der Waals surface area contributed by atoms with Gasteiger partial charge >= 0.3 is 27.1 Å². The number of carbonyl (C=O) groups is 2. The number of hydrogen-bond donors (Lipinski definition) is 6. The largest absolute Gasteiger partial charge is 0.481 e. The number of carboxylic acids is 2. The molecule has 10 nitrogen and oxygen atoms in total. The van der Waals surface area contributed by atoms with Crippen LogP contribution in [0, 0.1) is 0 Å². The smallest absolute Gasteiger partial charge is 0.343 e. The monoisotopic (exact) mass is 306 g/mol. The van der Waals surface area contributed by atoms with Gasteiger partial charge in [0.1, 0.15) is 0 Å². The van der Waals surface area contributed by atoms with Crippen LogP contribution in [0.3, 0.4) is 0 Å². The summed E-state index contributed by atoms with van der Waals surface area (Å²) in [4.78, 5) is 56.5. The van der Waals surface area contributed by atoms with Crippen LogP contribution in [-0.2, 0) is 18.7 Å². The second-order valence-corrected chi connectivity index (χ2v) is 7.31. The third kappa shape index (κ3) is 4.49. The Morgan fingerprint density at radius 2 is 1.44 bits per heavy atom. The molecular weight excluding hydrogens is 294 g/mol. The van der Waals surface area contributed by atoms with Crippen molar-refractivity contribution < 1.29 is 48.5 Å². The summed E-state index contributed by atoms with van der Waals surface area (Å²) < 4.78 is 21.8. The first-order valence-corrected chi connectivity index (χ1v) is 7.78. The van der Waals surface area contributed by atoms with Crippen molar-refractivity contribution in [2.75, 3.05) is 6.16 Å². The van der Waals surface area contributed by atoms with Crippen LogP contribution in [0.25, 0.3) is 0 Å². The second kappa shape index (κ2) is 5.48. The van der Waals surface area contributed by atoms with Crippen LogP contribution in [0.15, 0.2) is 0 Å². The molecule has 0 amide bonds. The van der Waals surface area contributed by atoms with Crippen molar-refractivity contribution in [3.63, 3.8) is 0 Å². The molecule has 6 N–H and O–H groups in total. The van der Waals surface area contributed by atoms with Crippen LogP contribution in [-0.4, -0.2) is 53.0 Å². The summed E-state index contributed by atoms with van der Waals surface area (Å²) in [7, 11) is -10.1. The molecule has 0 spiro atoms. The zero-order valence-corrected chi connectivity index (χ0v) is 10.6. The van der Waals surface area contributed by atoms with Crippen LogP contribution in [0.5, 0.6) is 0 Å². The maximum Gasteiger partial charge on any atom is 0.343 e. The quantitative estimate of drug-likeness (QED) is 0.319. The number of hydrogen-bond acceptors (Lipinski definition) is 4. The topological polar surface area (TPSA) is 190 Å². The molecule has 0 saturated carbocycles. The molecule has 0 heterocycles. The highest BCUT2D eigenvalue weighted by Gasteiger charge is 2.55. The van der Waals surface area contributed by atoms with E-state index >= 15 is 0 Å². The Morgan fingerprint density at radius 1 is 1.00 bits per heavy atom. The van der Waals surface area contributed by atoms with Crippen molar-refractivity contribution in [2.45, 2.75) is 18.0 Å². The van der Waals surface area contributed by atoms with E-state index in [0.717, 1.165) is 0 Å². The van der Waals surface area contributed by atoms with E-state index in [2.05, 4.69) is 0 Å². The number of rotatable bonds is 7. The van der Waals surface area contributed by atoms with Crippen molar-refractivity contribution in [1.82, 2.24) is 0 Å². The zero-order chi connectivity index (χ0) is 14.8. The van der Waals surface area contributed by atoms with Crippen molar-refractivity contribution >= 4 is 27.1 Å². The van der Waals surface area contributed by atoms with E-state index in [1.54, 1.807) is 0 Å². The van der Waals surface area contributed by atoms with Gasteiger partial charge in [0.25, 0.3) is 0 Å². The minimum absolute atomic E-state index is 1.14. The molecular formula is C6H12O10P2. The Labute approximate surface area is 101 Å². The number of aliphatic carboxylic acids is 2. The minimum Gasteiger partial charge on any atom is -0.481 e. The molecule has 1 atom stereocenters. The van der Waals surface area contributed by atoms with E-state index in [1.165, 1.54) is 0 Å². The lowest BCUT2D eigenvalue weighted by molar-refractivity contribution is -0.147. The summed E-state index contributed by atoms with van der Waals surface area (Å²) in [6.07, 6.45) is -3.73. The van der Waals surface area contributed by atoms with E-state index < -0.39 is 51.3 Å². The van der Waals surface area contributed by atoms with E-state index in [-0.39, 0.29) is 0 Å². The van der Waals surface area contributed by atoms with Crippen molar-refractivity contribution in [2.24, 2.45) is 0 Å². The molecule has 0 aliphatic carbocycles. The second-order valence-electron chi connectivity index (χ2n) is 3.59. The molecule has 0 aromatic rings. The van der Waals surface area contributed by atoms with E-state index in [0.29, 0.717) is 0 Å². The normalized spacial score (nSPS) is 16.0. The lowest BCUT2D eigenvalue weighted by Gasteiger charge is -2.28. The highest BCUT2D eigenvalue weighted by molar-refractivity contribution is 7.55. The van der Waals surface area contributed by atoms with E-state index in [4.69, 9.17) is 29.8 Å². The van der Waals surface area contributed by atoms with Gasteiger partial charge in [0, 0.05) is 0 Å². The third-order valence-corrected chi connectivity index (χ3v) is 4.71. The SMILES string of the molecule is O=C(O)CC(CCP(=O)(O)O)(C(=O)O)P(=O)(O)O. The predicted molar refractivity (Wildman–Crippen MR) is 56.2 cm³/mol. The van der Waals surface area contributed by atoms with Crippen LogP contribution in [0.1, 0.15) is 12.8 Å². The third-order valence-electron chi connectivity index (χ3n) is 2.22. The van der Waals surface area contributed by atoms with Gasteiger partial charge in [-0.15, -0.1) is 0 Å². The molecule has 12 heteroatoms. The average molecular weight is 306 g/mol. The Morgan fingerprint density at radius 3 is 1.67 bits per heavy atom. The summed E-state index contributed by atoms with van der Waals surface area (Å²) in [6, 6.07) is 0. The van der Waals surface area contributed by atoms with Crippen molar-refractivity contribution in [3.8, 4) is 0 Å². The molecule has 1 unspecified atom stereocenters. The predicted octanol–water partition coefficient (Wildman–Crippen LogP) is -0.970. The molecule has 0 aromatic heterocycles. The van der Waals surface area contributed by atoms with Gasteiger partial charge in [0.2, 0.25) is 0 Å². The fourth-order valence-corrected chi connectivity index (χ4v) is 3.07. The molecule has 0 radical (unpaired) electrons. The molecule has 0 bridgehead atoms. The van der Waals surface area contributed by atoms with E-state index in [1.807, 2.05) is 0 Å². The Kier molecular flexibility index (Phi) is 5.25. The van der Waals surface area contributed by atoms with Crippen LogP contribution in [0.4, 0.5) is 0 Å². The fraction of sp³-hybridized carbons (Fsp3) is 0.667. The summed E-state index contributed by atoms with van der Waals surface area (Å²) in [5.41, 5.74) is 0. The van der Waals surface area contributed by atoms with Gasteiger partial charge < -0.3 is 29.8 Å². The van der Waals surface area contributed by atoms with Crippen LogP contribution in [0.2, 0.25) is 0 Å².